The van der Waals surface area contributed by atoms with Crippen molar-refractivity contribution in [2.75, 3.05) is 13.1 Å². The van der Waals surface area contributed by atoms with E-state index in [0.717, 1.165) is 13.1 Å². The van der Waals surface area contributed by atoms with Crippen LogP contribution < -0.4 is 24.6 Å². The fraction of sp³-hybridized carbons (Fsp3) is 0.692. The molecule has 0 spiro atoms. The van der Waals surface area contributed by atoms with Gasteiger partial charge in [0, 0.05) is 23.1 Å². The summed E-state index contributed by atoms with van der Waals surface area (Å²) in [7, 11) is -4.69. The van der Waals surface area contributed by atoms with E-state index in [9.17, 15) is 0 Å². The Balaban J connectivity index is 0.000000550. The van der Waals surface area contributed by atoms with Crippen molar-refractivity contribution in [3.8, 4) is 0 Å². The number of nitrogens with one attached hydrogen (secondary N) is 2. The summed E-state index contributed by atoms with van der Waals surface area (Å²) in [6.45, 7) is 2.30. The van der Waals surface area contributed by atoms with Gasteiger partial charge in [-0.15, -0.1) is 5.70 Å². The van der Waals surface area contributed by atoms with E-state index in [0.29, 0.717) is 18.1 Å². The molecule has 0 bridgehead atoms. The normalized spacial score (nSPS) is 27.4. The number of allylic oxidation sites excluding steroid dienone is 2. The van der Waals surface area contributed by atoms with Crippen LogP contribution in [0.2, 0.25) is 0 Å². The molecule has 3 aliphatic heterocycles. The summed E-state index contributed by atoms with van der Waals surface area (Å²) in [4.78, 5) is 1.50. The van der Waals surface area contributed by atoms with Crippen molar-refractivity contribution in [1.29, 1.82) is 0 Å². The molecule has 0 aromatic carbocycles. The van der Waals surface area contributed by atoms with Crippen LogP contribution in [0.1, 0.15) is 25.7 Å². The minimum absolute atomic E-state index is 0. The number of nitrogens with zero attached hydrogens (tertiary/aromatic N) is 4. The largest absolute Gasteiger partial charge is 0.679 e. The molecular formula is C13H21ClCuN6O4-2. The standard InChI is InChI=1S/C13H20N3.ClHO4.Cu.N3/c1-4-12(10-6-2-8-14-10)16-13(5-1)11-7-3-9-15-11;2-1(3,4)5;;1-3-2/h1,4-5,10-12,14-15H,2-3,6-9H2;(H,2,3,4,5);;/q-1;;;-1. The Kier molecular flexibility index (Phi) is 12.1. The summed E-state index contributed by atoms with van der Waals surface area (Å²) in [6, 6.07) is 1.44. The van der Waals surface area contributed by atoms with E-state index in [1.54, 1.807) is 0 Å². The van der Waals surface area contributed by atoms with E-state index in [4.69, 9.17) is 35.0 Å². The third-order valence-electron chi connectivity index (χ3n) is 3.80. The van der Waals surface area contributed by atoms with Crippen LogP contribution in [0.3, 0.4) is 0 Å². The number of hydrogen-bond donors (Lipinski definition) is 3. The van der Waals surface area contributed by atoms with Gasteiger partial charge >= 0.3 is 0 Å². The first-order valence-electron chi connectivity index (χ1n) is 7.53. The zero-order valence-corrected chi connectivity index (χ0v) is 15.0. The molecule has 12 heteroatoms. The van der Waals surface area contributed by atoms with Gasteiger partial charge in [0.15, 0.2) is 0 Å². The summed E-state index contributed by atoms with van der Waals surface area (Å²) in [6.07, 6.45) is 11.7. The summed E-state index contributed by atoms with van der Waals surface area (Å²) < 4.78 is 32.7. The molecule has 0 aliphatic carbocycles. The van der Waals surface area contributed by atoms with E-state index < -0.39 is 10.2 Å². The molecule has 0 aromatic rings. The Hall–Kier alpha value is -0.841. The molecule has 25 heavy (non-hydrogen) atoms. The predicted molar refractivity (Wildman–Crippen MR) is 78.7 cm³/mol. The fourth-order valence-corrected chi connectivity index (χ4v) is 2.90. The quantitative estimate of drug-likeness (QED) is 0.208. The van der Waals surface area contributed by atoms with Crippen molar-refractivity contribution >= 4 is 0 Å². The summed E-state index contributed by atoms with van der Waals surface area (Å²) in [5, 5.41) is 12.0. The first-order chi connectivity index (χ1) is 11.3. The second kappa shape index (κ2) is 12.5. The molecule has 0 saturated carbocycles. The van der Waals surface area contributed by atoms with Crippen LogP contribution in [0.25, 0.3) is 21.3 Å². The molecular weight excluding hydrogens is 403 g/mol. The van der Waals surface area contributed by atoms with E-state index in [-0.39, 0.29) is 17.1 Å². The maximum absolute atomic E-state index is 8.60. The Morgan fingerprint density at radius 2 is 1.72 bits per heavy atom. The van der Waals surface area contributed by atoms with Crippen LogP contribution in [-0.4, -0.2) is 35.9 Å². The summed E-state index contributed by atoms with van der Waals surface area (Å²) >= 11 is 0. The molecule has 1 radical (unpaired) electrons. The van der Waals surface area contributed by atoms with Crippen LogP contribution >= 0.6 is 0 Å². The fourth-order valence-electron chi connectivity index (χ4n) is 2.90. The van der Waals surface area contributed by atoms with Crippen LogP contribution in [-0.2, 0) is 17.1 Å². The minimum atomic E-state index is -4.69. The Labute approximate surface area is 159 Å². The summed E-state index contributed by atoms with van der Waals surface area (Å²) in [5.41, 5.74) is 14.8. The second-order valence-electron chi connectivity index (χ2n) is 5.43. The zero-order chi connectivity index (χ0) is 18.0. The molecule has 147 valence electrons. The van der Waals surface area contributed by atoms with Crippen LogP contribution in [0.15, 0.2) is 23.9 Å². The van der Waals surface area contributed by atoms with E-state index in [2.05, 4.69) is 28.9 Å². The van der Waals surface area contributed by atoms with Crippen LogP contribution in [0.5, 0.6) is 0 Å². The van der Waals surface area contributed by atoms with Gasteiger partial charge in [-0.2, -0.15) is 14.0 Å². The van der Waals surface area contributed by atoms with E-state index in [1.165, 1.54) is 36.3 Å². The second-order valence-corrected chi connectivity index (χ2v) is 6.23. The molecule has 3 aliphatic rings. The van der Waals surface area contributed by atoms with Crippen LogP contribution in [0, 0.1) is 10.2 Å². The van der Waals surface area contributed by atoms with Gasteiger partial charge in [-0.05, 0) is 44.8 Å². The van der Waals surface area contributed by atoms with Gasteiger partial charge in [-0.25, -0.2) is 0 Å². The third kappa shape index (κ3) is 10.7. The molecule has 2 fully saturated rings. The monoisotopic (exact) mass is 423 g/mol. The van der Waals surface area contributed by atoms with Crippen molar-refractivity contribution in [1.82, 2.24) is 10.6 Å². The molecule has 3 N–H and O–H groups in total. The molecule has 0 amide bonds. The van der Waals surface area contributed by atoms with Crippen molar-refractivity contribution in [2.45, 2.75) is 43.8 Å². The predicted octanol–water partition coefficient (Wildman–Crippen LogP) is -1.57. The minimum Gasteiger partial charge on any atom is -0.679 e. The Morgan fingerprint density at radius 1 is 1.16 bits per heavy atom. The van der Waals surface area contributed by atoms with Crippen molar-refractivity contribution in [2.24, 2.45) is 0 Å². The number of hydrogen-bond acceptors (Lipinski definition) is 6. The third-order valence-corrected chi connectivity index (χ3v) is 3.80. The van der Waals surface area contributed by atoms with Gasteiger partial charge in [0.25, 0.3) is 0 Å². The number of rotatable bonds is 2. The molecule has 2 saturated heterocycles. The molecule has 3 heterocycles. The molecule has 3 atom stereocenters. The molecule has 10 nitrogen and oxygen atoms in total. The van der Waals surface area contributed by atoms with Crippen molar-refractivity contribution in [3.05, 3.63) is 45.2 Å². The molecule has 3 rings (SSSR count). The molecule has 0 aromatic heterocycles. The average Bonchev–Trinajstić information content (AvgIpc) is 3.20. The van der Waals surface area contributed by atoms with Crippen LogP contribution in [0.4, 0.5) is 0 Å². The zero-order valence-electron chi connectivity index (χ0n) is 13.3. The average molecular weight is 424 g/mol. The smallest absolute Gasteiger partial charge is 0.0777 e. The van der Waals surface area contributed by atoms with E-state index >= 15 is 0 Å². The van der Waals surface area contributed by atoms with E-state index in [1.807, 2.05) is 0 Å². The Morgan fingerprint density at radius 3 is 2.20 bits per heavy atom. The van der Waals surface area contributed by atoms with Gasteiger partial charge in [-0.1, -0.05) is 24.3 Å². The van der Waals surface area contributed by atoms with Gasteiger partial charge in [0.2, 0.25) is 0 Å². The van der Waals surface area contributed by atoms with Crippen molar-refractivity contribution in [3.63, 3.8) is 0 Å². The van der Waals surface area contributed by atoms with Gasteiger partial charge in [0.1, 0.15) is 0 Å². The van der Waals surface area contributed by atoms with Gasteiger partial charge in [-0.3, -0.25) is 4.91 Å². The molecule has 3 unspecified atom stereocenters. The first-order valence-corrected chi connectivity index (χ1v) is 8.79. The maximum Gasteiger partial charge on any atom is 0.0777 e. The van der Waals surface area contributed by atoms with Crippen molar-refractivity contribution < 1.29 is 45.9 Å². The van der Waals surface area contributed by atoms with Gasteiger partial charge in [0.05, 0.1) is 14.9 Å². The number of halogens is 1. The maximum atomic E-state index is 8.60. The SMILES string of the molecule is C1=CC(C2CCCN2)[N-]C(C2CCCN2)=C1.[Cu].[N-]=[N+]=[N-].[O-][Cl+3]([O-])([O-])O. The topological polar surface area (TPSA) is 186 Å². The van der Waals surface area contributed by atoms with Gasteiger partial charge < -0.3 is 27.0 Å². The first kappa shape index (κ1) is 24.2. The summed E-state index contributed by atoms with van der Waals surface area (Å²) in [5.74, 6) is 0. The Bertz CT molecular complexity index is 464.